The lowest BCUT2D eigenvalue weighted by molar-refractivity contribution is -0.135. The summed E-state index contributed by atoms with van der Waals surface area (Å²) in [6.07, 6.45) is 8.80. The Morgan fingerprint density at radius 3 is 2.73 bits per heavy atom. The summed E-state index contributed by atoms with van der Waals surface area (Å²) < 4.78 is 0. The molecule has 60 valence electrons. The lowest BCUT2D eigenvalue weighted by Gasteiger charge is -2.37. The maximum atomic E-state index is 11.0. The number of hydrogen-bond acceptors (Lipinski definition) is 1. The predicted octanol–water partition coefficient (Wildman–Crippen LogP) is 1.23. The van der Waals surface area contributed by atoms with Crippen LogP contribution in [0.1, 0.15) is 25.7 Å². The maximum absolute atomic E-state index is 11.0. The second-order valence-corrected chi connectivity index (χ2v) is 3.35. The van der Waals surface area contributed by atoms with Crippen LogP contribution in [0.3, 0.4) is 0 Å². The van der Waals surface area contributed by atoms with Crippen LogP contribution in [0.25, 0.3) is 0 Å². The van der Waals surface area contributed by atoms with Crippen molar-refractivity contribution in [2.24, 2.45) is 5.92 Å². The van der Waals surface area contributed by atoms with Crippen LogP contribution < -0.4 is 5.32 Å². The SMILES string of the molecule is O=C1NC2CC/C=C\CC[C@H]12. The molecule has 0 aromatic heterocycles. The highest BCUT2D eigenvalue weighted by Crippen LogP contribution is 2.26. The van der Waals surface area contributed by atoms with Crippen LogP contribution in [0.4, 0.5) is 0 Å². The van der Waals surface area contributed by atoms with Crippen molar-refractivity contribution in [2.45, 2.75) is 31.7 Å². The van der Waals surface area contributed by atoms with E-state index < -0.39 is 0 Å². The average molecular weight is 151 g/mol. The predicted molar refractivity (Wildman–Crippen MR) is 43.0 cm³/mol. The molecule has 1 aliphatic carbocycles. The molecular weight excluding hydrogens is 138 g/mol. The quantitative estimate of drug-likeness (QED) is 0.409. The Kier molecular flexibility index (Phi) is 1.68. The lowest BCUT2D eigenvalue weighted by Crippen LogP contribution is -2.57. The first-order valence-electron chi connectivity index (χ1n) is 4.33. The molecule has 0 aromatic rings. The zero-order chi connectivity index (χ0) is 7.68. The highest BCUT2D eigenvalue weighted by Gasteiger charge is 2.37. The number of rotatable bonds is 0. The van der Waals surface area contributed by atoms with Crippen molar-refractivity contribution in [2.75, 3.05) is 0 Å². The fourth-order valence-corrected chi connectivity index (χ4v) is 1.87. The molecule has 1 heterocycles. The highest BCUT2D eigenvalue weighted by molar-refractivity contribution is 5.85. The zero-order valence-corrected chi connectivity index (χ0v) is 6.55. The first kappa shape index (κ1) is 6.89. The molecule has 0 saturated carbocycles. The molecule has 0 aromatic carbocycles. The number of carbonyl (C=O) groups excluding carboxylic acids is 1. The van der Waals surface area contributed by atoms with Gasteiger partial charge in [0.05, 0.1) is 5.92 Å². The number of allylic oxidation sites excluding steroid dienone is 2. The van der Waals surface area contributed by atoms with Gasteiger partial charge >= 0.3 is 0 Å². The minimum Gasteiger partial charge on any atom is -0.352 e. The second-order valence-electron chi connectivity index (χ2n) is 3.35. The van der Waals surface area contributed by atoms with Crippen LogP contribution in [-0.2, 0) is 4.79 Å². The second kappa shape index (κ2) is 2.68. The van der Waals surface area contributed by atoms with Gasteiger partial charge < -0.3 is 5.32 Å². The number of fused-ring (bicyclic) bond motifs is 1. The van der Waals surface area contributed by atoms with Crippen LogP contribution in [-0.4, -0.2) is 11.9 Å². The third-order valence-corrected chi connectivity index (χ3v) is 2.61. The van der Waals surface area contributed by atoms with Crippen molar-refractivity contribution in [3.8, 4) is 0 Å². The van der Waals surface area contributed by atoms with Crippen LogP contribution in [0.15, 0.2) is 12.2 Å². The average Bonchev–Trinajstić information content (AvgIpc) is 1.96. The lowest BCUT2D eigenvalue weighted by atomic mass is 9.82. The summed E-state index contributed by atoms with van der Waals surface area (Å²) in [7, 11) is 0. The van der Waals surface area contributed by atoms with Gasteiger partial charge in [-0.15, -0.1) is 0 Å². The summed E-state index contributed by atoms with van der Waals surface area (Å²) in [6, 6.07) is 0.493. The van der Waals surface area contributed by atoms with Crippen molar-refractivity contribution in [3.05, 3.63) is 12.2 Å². The zero-order valence-electron chi connectivity index (χ0n) is 6.55. The molecule has 0 spiro atoms. The summed E-state index contributed by atoms with van der Waals surface area (Å²) in [5.74, 6) is 0.602. The van der Waals surface area contributed by atoms with Gasteiger partial charge in [0, 0.05) is 6.04 Å². The van der Waals surface area contributed by atoms with Gasteiger partial charge in [-0.1, -0.05) is 12.2 Å². The van der Waals surface area contributed by atoms with E-state index >= 15 is 0 Å². The Hall–Kier alpha value is -0.790. The molecule has 1 saturated heterocycles. The van der Waals surface area contributed by atoms with Gasteiger partial charge in [0.2, 0.25) is 5.91 Å². The molecule has 2 nitrogen and oxygen atoms in total. The Balaban J connectivity index is 2.00. The van der Waals surface area contributed by atoms with E-state index in [1.807, 2.05) is 0 Å². The van der Waals surface area contributed by atoms with E-state index in [1.54, 1.807) is 0 Å². The largest absolute Gasteiger partial charge is 0.352 e. The summed E-state index contributed by atoms with van der Waals surface area (Å²) in [5.41, 5.74) is 0. The Bertz CT molecular complexity index is 198. The topological polar surface area (TPSA) is 29.1 Å². The third kappa shape index (κ3) is 1.17. The Labute approximate surface area is 66.7 Å². The molecule has 0 bridgehead atoms. The molecule has 1 unspecified atom stereocenters. The summed E-state index contributed by atoms with van der Waals surface area (Å²) >= 11 is 0. The third-order valence-electron chi connectivity index (χ3n) is 2.61. The van der Waals surface area contributed by atoms with E-state index in [4.69, 9.17) is 0 Å². The summed E-state index contributed by atoms with van der Waals surface area (Å²) in [5, 5.41) is 2.94. The van der Waals surface area contributed by atoms with Gasteiger partial charge in [0.25, 0.3) is 0 Å². The summed E-state index contributed by atoms with van der Waals surface area (Å²) in [6.45, 7) is 0. The van der Waals surface area contributed by atoms with Crippen molar-refractivity contribution in [1.82, 2.24) is 5.32 Å². The molecule has 2 aliphatic rings. The van der Waals surface area contributed by atoms with E-state index in [0.29, 0.717) is 12.0 Å². The molecule has 2 atom stereocenters. The maximum Gasteiger partial charge on any atom is 0.225 e. The van der Waals surface area contributed by atoms with Crippen molar-refractivity contribution in [1.29, 1.82) is 0 Å². The molecular formula is C9H13NO. The van der Waals surface area contributed by atoms with Crippen molar-refractivity contribution < 1.29 is 4.79 Å². The molecule has 2 heteroatoms. The van der Waals surface area contributed by atoms with Gasteiger partial charge in [0.1, 0.15) is 0 Å². The van der Waals surface area contributed by atoms with Crippen LogP contribution >= 0.6 is 0 Å². The fraction of sp³-hybridized carbons (Fsp3) is 0.667. The van der Waals surface area contributed by atoms with Gasteiger partial charge in [-0.05, 0) is 25.7 Å². The normalized spacial score (nSPS) is 39.1. The van der Waals surface area contributed by atoms with Gasteiger partial charge in [-0.25, -0.2) is 0 Å². The van der Waals surface area contributed by atoms with Gasteiger partial charge in [0.15, 0.2) is 0 Å². The van der Waals surface area contributed by atoms with Crippen molar-refractivity contribution in [3.63, 3.8) is 0 Å². The number of nitrogens with one attached hydrogen (secondary N) is 1. The summed E-state index contributed by atoms with van der Waals surface area (Å²) in [4.78, 5) is 11.0. The van der Waals surface area contributed by atoms with Crippen LogP contribution in [0.5, 0.6) is 0 Å². The van der Waals surface area contributed by atoms with Crippen LogP contribution in [0.2, 0.25) is 0 Å². The minimum atomic E-state index is 0.269. The minimum absolute atomic E-state index is 0.269. The van der Waals surface area contributed by atoms with E-state index in [1.165, 1.54) is 0 Å². The van der Waals surface area contributed by atoms with Crippen molar-refractivity contribution >= 4 is 5.91 Å². The standard InChI is InChI=1S/C9H13NO/c11-9-7-5-3-1-2-4-6-8(7)10-9/h1-2,7-8H,3-6H2,(H,10,11)/b2-1-/t7-,8?/m0/s1. The van der Waals surface area contributed by atoms with Gasteiger partial charge in [-0.3, -0.25) is 4.79 Å². The number of carbonyl (C=O) groups is 1. The fourth-order valence-electron chi connectivity index (χ4n) is 1.87. The highest BCUT2D eigenvalue weighted by atomic mass is 16.2. The number of β-lactam (4-membered cyclic amide) rings is 1. The molecule has 0 radical (unpaired) electrons. The first-order chi connectivity index (χ1) is 5.38. The molecule has 2 rings (SSSR count). The molecule has 1 N–H and O–H groups in total. The van der Waals surface area contributed by atoms with E-state index in [-0.39, 0.29) is 5.91 Å². The molecule has 11 heavy (non-hydrogen) atoms. The molecule has 1 fully saturated rings. The Morgan fingerprint density at radius 1 is 1.27 bits per heavy atom. The van der Waals surface area contributed by atoms with E-state index in [2.05, 4.69) is 17.5 Å². The van der Waals surface area contributed by atoms with Gasteiger partial charge in [-0.2, -0.15) is 0 Å². The first-order valence-corrected chi connectivity index (χ1v) is 4.33. The van der Waals surface area contributed by atoms with E-state index in [0.717, 1.165) is 25.7 Å². The van der Waals surface area contributed by atoms with Crippen LogP contribution in [0, 0.1) is 5.92 Å². The number of hydrogen-bond donors (Lipinski definition) is 1. The Morgan fingerprint density at radius 2 is 2.00 bits per heavy atom. The van der Waals surface area contributed by atoms with E-state index in [9.17, 15) is 4.79 Å². The monoisotopic (exact) mass is 151 g/mol. The molecule has 1 aliphatic heterocycles. The smallest absolute Gasteiger partial charge is 0.225 e. The number of amides is 1. The molecule has 1 amide bonds.